The van der Waals surface area contributed by atoms with Crippen LogP contribution in [0.25, 0.3) is 0 Å². The third-order valence-electron chi connectivity index (χ3n) is 2.13. The molecule has 1 rings (SSSR count). The monoisotopic (exact) mass is 256 g/mol. The molecule has 0 atom stereocenters. The van der Waals surface area contributed by atoms with Crippen LogP contribution in [0.1, 0.15) is 30.3 Å². The Hall–Kier alpha value is -2.23. The molecule has 0 aliphatic carbocycles. The molecular weight excluding hydrogens is 246 g/mol. The number of ether oxygens (including phenoxy) is 1. The zero-order valence-electron chi connectivity index (χ0n) is 9.50. The summed E-state index contributed by atoms with van der Waals surface area (Å²) < 4.78 is 30.0. The van der Waals surface area contributed by atoms with Crippen LogP contribution in [0.5, 0.6) is 0 Å². The fourth-order valence-electron chi connectivity index (χ4n) is 1.39. The molecular formula is C11H10F2N2O3. The lowest BCUT2D eigenvalue weighted by atomic mass is 10.1. The molecule has 0 bridgehead atoms. The summed E-state index contributed by atoms with van der Waals surface area (Å²) >= 11 is 0. The maximum absolute atomic E-state index is 12.7. The number of pyridine rings is 1. The molecule has 1 aromatic heterocycles. The number of halogens is 2. The molecule has 0 amide bonds. The van der Waals surface area contributed by atoms with Gasteiger partial charge < -0.3 is 9.72 Å². The average molecular weight is 256 g/mol. The van der Waals surface area contributed by atoms with Crippen LogP contribution in [0.15, 0.2) is 10.9 Å². The number of rotatable bonds is 4. The first-order chi connectivity index (χ1) is 8.49. The second-order valence-corrected chi connectivity index (χ2v) is 3.33. The molecule has 1 heterocycles. The topological polar surface area (TPSA) is 82.9 Å². The molecule has 18 heavy (non-hydrogen) atoms. The summed E-state index contributed by atoms with van der Waals surface area (Å²) in [6, 6.07) is 2.44. The molecule has 0 aliphatic heterocycles. The molecule has 0 radical (unpaired) electrons. The van der Waals surface area contributed by atoms with Crippen LogP contribution in [-0.4, -0.2) is 17.6 Å². The van der Waals surface area contributed by atoms with Gasteiger partial charge in [0.25, 0.3) is 6.43 Å². The van der Waals surface area contributed by atoms with Gasteiger partial charge in [0, 0.05) is 11.6 Å². The van der Waals surface area contributed by atoms with Gasteiger partial charge in [0.05, 0.1) is 18.7 Å². The Labute approximate surface area is 101 Å². The van der Waals surface area contributed by atoms with Crippen LogP contribution in [0.4, 0.5) is 8.78 Å². The van der Waals surface area contributed by atoms with Gasteiger partial charge in [-0.2, -0.15) is 5.26 Å². The van der Waals surface area contributed by atoms with Crippen molar-refractivity contribution in [1.29, 1.82) is 5.26 Å². The van der Waals surface area contributed by atoms with Crippen molar-refractivity contribution in [3.8, 4) is 6.07 Å². The van der Waals surface area contributed by atoms with Gasteiger partial charge in [-0.15, -0.1) is 0 Å². The smallest absolute Gasteiger partial charge is 0.310 e. The zero-order chi connectivity index (χ0) is 13.7. The Morgan fingerprint density at radius 2 is 2.28 bits per heavy atom. The zero-order valence-corrected chi connectivity index (χ0v) is 9.50. The Morgan fingerprint density at radius 1 is 1.61 bits per heavy atom. The second kappa shape index (κ2) is 5.91. The third-order valence-corrected chi connectivity index (χ3v) is 2.13. The van der Waals surface area contributed by atoms with E-state index in [4.69, 9.17) is 5.26 Å². The van der Waals surface area contributed by atoms with Crippen LogP contribution in [0, 0.1) is 11.3 Å². The molecule has 0 saturated carbocycles. The number of esters is 1. The van der Waals surface area contributed by atoms with E-state index in [1.54, 1.807) is 13.0 Å². The van der Waals surface area contributed by atoms with E-state index < -0.39 is 29.9 Å². The summed E-state index contributed by atoms with van der Waals surface area (Å²) in [5.74, 6) is -0.769. The first kappa shape index (κ1) is 13.8. The Morgan fingerprint density at radius 3 is 2.78 bits per heavy atom. The van der Waals surface area contributed by atoms with Crippen LogP contribution >= 0.6 is 0 Å². The summed E-state index contributed by atoms with van der Waals surface area (Å²) in [5.41, 5.74) is -2.15. The molecule has 0 saturated heterocycles. The molecule has 0 spiro atoms. The van der Waals surface area contributed by atoms with E-state index in [0.717, 1.165) is 6.07 Å². The molecule has 1 N–H and O–H groups in total. The van der Waals surface area contributed by atoms with Crippen molar-refractivity contribution in [3.05, 3.63) is 33.2 Å². The van der Waals surface area contributed by atoms with E-state index in [1.165, 1.54) is 0 Å². The second-order valence-electron chi connectivity index (χ2n) is 3.33. The first-order valence-corrected chi connectivity index (χ1v) is 5.09. The third kappa shape index (κ3) is 3.13. The summed E-state index contributed by atoms with van der Waals surface area (Å²) in [4.78, 5) is 24.9. The summed E-state index contributed by atoms with van der Waals surface area (Å²) in [7, 11) is 0. The summed E-state index contributed by atoms with van der Waals surface area (Å²) in [6.07, 6.45) is -3.52. The molecule has 1 aromatic rings. The number of nitrogens with one attached hydrogen (secondary N) is 1. The van der Waals surface area contributed by atoms with Crippen LogP contribution in [0.3, 0.4) is 0 Å². The molecule has 0 aliphatic rings. The summed E-state index contributed by atoms with van der Waals surface area (Å²) in [6.45, 7) is 1.66. The van der Waals surface area contributed by atoms with Crippen LogP contribution < -0.4 is 5.43 Å². The Bertz CT molecular complexity index is 546. The van der Waals surface area contributed by atoms with E-state index in [0.29, 0.717) is 0 Å². The van der Waals surface area contributed by atoms with Crippen LogP contribution in [-0.2, 0) is 16.0 Å². The van der Waals surface area contributed by atoms with Gasteiger partial charge >= 0.3 is 5.97 Å². The highest BCUT2D eigenvalue weighted by atomic mass is 19.3. The molecule has 0 fully saturated rings. The van der Waals surface area contributed by atoms with Crippen molar-refractivity contribution in [2.45, 2.75) is 19.8 Å². The highest BCUT2D eigenvalue weighted by Gasteiger charge is 2.20. The van der Waals surface area contributed by atoms with Gasteiger partial charge in [0.15, 0.2) is 5.43 Å². The molecule has 0 aromatic carbocycles. The van der Waals surface area contributed by atoms with Gasteiger partial charge in [0.2, 0.25) is 0 Å². The number of aromatic amines is 1. The van der Waals surface area contributed by atoms with Gasteiger partial charge in [-0.1, -0.05) is 0 Å². The number of nitriles is 1. The lowest BCUT2D eigenvalue weighted by molar-refractivity contribution is -0.142. The Kier molecular flexibility index (Phi) is 4.54. The predicted molar refractivity (Wildman–Crippen MR) is 57.1 cm³/mol. The van der Waals surface area contributed by atoms with Crippen molar-refractivity contribution in [2.24, 2.45) is 0 Å². The van der Waals surface area contributed by atoms with Crippen LogP contribution in [0.2, 0.25) is 0 Å². The van der Waals surface area contributed by atoms with Crippen molar-refractivity contribution in [3.63, 3.8) is 0 Å². The number of nitrogens with zero attached hydrogens (tertiary/aromatic N) is 1. The summed E-state index contributed by atoms with van der Waals surface area (Å²) in [5, 5.41) is 8.57. The van der Waals surface area contributed by atoms with Gasteiger partial charge in [-0.25, -0.2) is 8.78 Å². The van der Waals surface area contributed by atoms with E-state index in [9.17, 15) is 18.4 Å². The maximum atomic E-state index is 12.7. The van der Waals surface area contributed by atoms with Crippen molar-refractivity contribution >= 4 is 5.97 Å². The normalized spacial score (nSPS) is 10.2. The van der Waals surface area contributed by atoms with Crippen molar-refractivity contribution < 1.29 is 18.3 Å². The minimum atomic E-state index is -2.98. The van der Waals surface area contributed by atoms with Gasteiger partial charge in [-0.05, 0) is 6.92 Å². The highest BCUT2D eigenvalue weighted by molar-refractivity contribution is 5.72. The number of carbonyl (C=O) groups is 1. The molecule has 0 unspecified atom stereocenters. The molecule has 5 nitrogen and oxygen atoms in total. The fourth-order valence-corrected chi connectivity index (χ4v) is 1.39. The first-order valence-electron chi connectivity index (χ1n) is 5.09. The highest BCUT2D eigenvalue weighted by Crippen LogP contribution is 2.19. The van der Waals surface area contributed by atoms with E-state index in [1.807, 2.05) is 0 Å². The largest absolute Gasteiger partial charge is 0.466 e. The van der Waals surface area contributed by atoms with Gasteiger partial charge in [-0.3, -0.25) is 9.59 Å². The SMILES string of the molecule is CCOC(=O)Cc1c(C(F)F)[nH]c(C#N)cc1=O. The minimum absolute atomic E-state index is 0.0943. The van der Waals surface area contributed by atoms with E-state index in [-0.39, 0.29) is 17.9 Å². The van der Waals surface area contributed by atoms with Crippen molar-refractivity contribution in [1.82, 2.24) is 4.98 Å². The number of carbonyl (C=O) groups excluding carboxylic acids is 1. The maximum Gasteiger partial charge on any atom is 0.310 e. The predicted octanol–water partition coefficient (Wildman–Crippen LogP) is 1.29. The number of H-pyrrole nitrogens is 1. The molecule has 96 valence electrons. The average Bonchev–Trinajstić information content (AvgIpc) is 2.31. The quantitative estimate of drug-likeness (QED) is 0.823. The van der Waals surface area contributed by atoms with Crippen molar-refractivity contribution in [2.75, 3.05) is 6.61 Å². The standard InChI is InChI=1S/C11H10F2N2O3/c1-2-18-9(17)4-7-8(16)3-6(5-14)15-10(7)11(12)13/h3,11H,2,4H2,1H3,(H,15,16). The fraction of sp³-hybridized carbons (Fsp3) is 0.364. The Balaban J connectivity index is 3.22. The molecule has 7 heteroatoms. The van der Waals surface area contributed by atoms with E-state index >= 15 is 0 Å². The van der Waals surface area contributed by atoms with Gasteiger partial charge in [0.1, 0.15) is 11.8 Å². The van der Waals surface area contributed by atoms with E-state index in [2.05, 4.69) is 9.72 Å². The minimum Gasteiger partial charge on any atom is -0.466 e. The number of hydrogen-bond acceptors (Lipinski definition) is 4. The number of alkyl halides is 2. The number of hydrogen-bond donors (Lipinski definition) is 1. The lowest BCUT2D eigenvalue weighted by Gasteiger charge is -2.08. The lowest BCUT2D eigenvalue weighted by Crippen LogP contribution is -2.20. The number of aromatic nitrogens is 1.